The maximum Gasteiger partial charge on any atom is 0.0742 e. The Hall–Kier alpha value is -0.0151. The molecule has 3 unspecified atom stereocenters. The largest absolute Gasteiger partial charge is 0.377 e. The standard InChI is InChI=1S/C14H24BNO/c1-13(15)6-3-11-5-8-16(2)14(9-17-10-14)12(11)4-7-13/h11-12H,3-10H2,1-2H3. The van der Waals surface area contributed by atoms with Crippen LogP contribution in [0.5, 0.6) is 0 Å². The molecule has 0 aromatic carbocycles. The van der Waals surface area contributed by atoms with E-state index in [0.29, 0.717) is 5.54 Å². The molecule has 0 aromatic heterocycles. The molecule has 17 heavy (non-hydrogen) atoms. The van der Waals surface area contributed by atoms with Gasteiger partial charge >= 0.3 is 0 Å². The summed E-state index contributed by atoms with van der Waals surface area (Å²) in [6.07, 6.45) is 6.37. The predicted octanol–water partition coefficient (Wildman–Crippen LogP) is 2.24. The van der Waals surface area contributed by atoms with Crippen LogP contribution in [0.15, 0.2) is 0 Å². The van der Waals surface area contributed by atoms with Crippen molar-refractivity contribution in [3.05, 3.63) is 0 Å². The lowest BCUT2D eigenvalue weighted by atomic mass is 9.65. The average molecular weight is 233 g/mol. The van der Waals surface area contributed by atoms with Crippen LogP contribution in [0.3, 0.4) is 0 Å². The van der Waals surface area contributed by atoms with Crippen LogP contribution < -0.4 is 0 Å². The Balaban J connectivity index is 1.82. The van der Waals surface area contributed by atoms with E-state index in [-0.39, 0.29) is 5.31 Å². The van der Waals surface area contributed by atoms with Gasteiger partial charge in [0.05, 0.1) is 26.6 Å². The fourth-order valence-electron chi connectivity index (χ4n) is 4.23. The molecule has 2 nitrogen and oxygen atoms in total. The molecule has 2 radical (unpaired) electrons. The smallest absolute Gasteiger partial charge is 0.0742 e. The number of fused-ring (bicyclic) bond motifs is 2. The topological polar surface area (TPSA) is 12.5 Å². The van der Waals surface area contributed by atoms with Gasteiger partial charge < -0.3 is 4.74 Å². The van der Waals surface area contributed by atoms with Gasteiger partial charge in [0.1, 0.15) is 0 Å². The Kier molecular flexibility index (Phi) is 2.83. The van der Waals surface area contributed by atoms with E-state index in [1.54, 1.807) is 0 Å². The molecule has 94 valence electrons. The highest BCUT2D eigenvalue weighted by molar-refractivity contribution is 6.14. The number of rotatable bonds is 0. The van der Waals surface area contributed by atoms with E-state index >= 15 is 0 Å². The lowest BCUT2D eigenvalue weighted by molar-refractivity contribution is -0.190. The van der Waals surface area contributed by atoms with E-state index < -0.39 is 0 Å². The summed E-state index contributed by atoms with van der Waals surface area (Å²) in [5.74, 6) is 1.71. The van der Waals surface area contributed by atoms with Crippen molar-refractivity contribution in [1.29, 1.82) is 0 Å². The second-order valence-corrected chi connectivity index (χ2v) is 6.90. The second kappa shape index (κ2) is 3.99. The summed E-state index contributed by atoms with van der Waals surface area (Å²) in [7, 11) is 8.65. The Labute approximate surface area is 106 Å². The molecule has 3 atom stereocenters. The number of hydrogen-bond acceptors (Lipinski definition) is 2. The summed E-state index contributed by atoms with van der Waals surface area (Å²) in [6.45, 7) is 5.38. The van der Waals surface area contributed by atoms with Gasteiger partial charge in [0.25, 0.3) is 0 Å². The van der Waals surface area contributed by atoms with Gasteiger partial charge in [-0.2, -0.15) is 0 Å². The molecule has 3 heteroatoms. The maximum atomic E-state index is 6.37. The van der Waals surface area contributed by atoms with Crippen molar-refractivity contribution in [3.8, 4) is 0 Å². The van der Waals surface area contributed by atoms with Crippen LogP contribution in [0, 0.1) is 11.8 Å². The minimum absolute atomic E-state index is 0.0711. The van der Waals surface area contributed by atoms with Gasteiger partial charge in [-0.1, -0.05) is 31.5 Å². The normalized spacial score (nSPS) is 46.0. The third kappa shape index (κ3) is 1.86. The van der Waals surface area contributed by atoms with Crippen LogP contribution in [-0.4, -0.2) is 45.1 Å². The van der Waals surface area contributed by atoms with E-state index in [1.807, 2.05) is 0 Å². The van der Waals surface area contributed by atoms with Gasteiger partial charge in [0.2, 0.25) is 0 Å². The van der Waals surface area contributed by atoms with E-state index in [9.17, 15) is 0 Å². The third-order valence-electron chi connectivity index (χ3n) is 5.67. The number of hydrogen-bond donors (Lipinski definition) is 0. The summed E-state index contributed by atoms with van der Waals surface area (Å²) >= 11 is 0. The Morgan fingerprint density at radius 2 is 1.88 bits per heavy atom. The minimum atomic E-state index is 0.0711. The van der Waals surface area contributed by atoms with Crippen LogP contribution in [0.25, 0.3) is 0 Å². The summed E-state index contributed by atoms with van der Waals surface area (Å²) in [5.41, 5.74) is 0.364. The molecule has 2 aliphatic heterocycles. The molecule has 2 heterocycles. The second-order valence-electron chi connectivity index (χ2n) is 6.90. The number of ether oxygens (including phenoxy) is 1. The summed E-state index contributed by atoms with van der Waals surface area (Å²) in [6, 6.07) is 0. The molecule has 0 amide bonds. The molecular formula is C14H24BNO. The first-order valence-electron chi connectivity index (χ1n) is 7.11. The predicted molar refractivity (Wildman–Crippen MR) is 70.4 cm³/mol. The molecule has 1 spiro atoms. The molecule has 3 rings (SSSR count). The van der Waals surface area contributed by atoms with Gasteiger partial charge in [-0.25, -0.2) is 0 Å². The fourth-order valence-corrected chi connectivity index (χ4v) is 4.23. The highest BCUT2D eigenvalue weighted by Gasteiger charge is 2.54. The zero-order valence-corrected chi connectivity index (χ0v) is 11.2. The van der Waals surface area contributed by atoms with Crippen molar-refractivity contribution in [2.45, 2.75) is 49.9 Å². The van der Waals surface area contributed by atoms with Crippen molar-refractivity contribution in [3.63, 3.8) is 0 Å². The zero-order valence-electron chi connectivity index (χ0n) is 11.2. The highest BCUT2D eigenvalue weighted by Crippen LogP contribution is 2.51. The van der Waals surface area contributed by atoms with E-state index in [0.717, 1.165) is 25.0 Å². The molecule has 1 saturated carbocycles. The van der Waals surface area contributed by atoms with Gasteiger partial charge in [-0.3, -0.25) is 4.90 Å². The van der Waals surface area contributed by atoms with Crippen LogP contribution in [0.2, 0.25) is 5.31 Å². The van der Waals surface area contributed by atoms with Crippen molar-refractivity contribution in [2.24, 2.45) is 11.8 Å². The van der Waals surface area contributed by atoms with E-state index in [2.05, 4.69) is 18.9 Å². The van der Waals surface area contributed by atoms with Crippen molar-refractivity contribution >= 4 is 7.85 Å². The first-order chi connectivity index (χ1) is 8.04. The van der Waals surface area contributed by atoms with Gasteiger partial charge in [0, 0.05) is 0 Å². The number of nitrogens with zero attached hydrogens (tertiary/aromatic N) is 1. The molecule has 0 N–H and O–H groups in total. The van der Waals surface area contributed by atoms with Crippen LogP contribution in [-0.2, 0) is 4.74 Å². The zero-order chi connectivity index (χ0) is 12.1. The molecule has 3 aliphatic rings. The molecule has 0 bridgehead atoms. The monoisotopic (exact) mass is 233 g/mol. The summed E-state index contributed by atoms with van der Waals surface area (Å²) in [4.78, 5) is 2.57. The fraction of sp³-hybridized carbons (Fsp3) is 1.00. The van der Waals surface area contributed by atoms with E-state index in [4.69, 9.17) is 12.6 Å². The lowest BCUT2D eigenvalue weighted by Gasteiger charge is -2.58. The van der Waals surface area contributed by atoms with E-state index in [1.165, 1.54) is 38.6 Å². The van der Waals surface area contributed by atoms with Crippen LogP contribution in [0.4, 0.5) is 0 Å². The first kappa shape index (κ1) is 12.0. The molecule has 3 fully saturated rings. The van der Waals surface area contributed by atoms with Crippen LogP contribution >= 0.6 is 0 Å². The third-order valence-corrected chi connectivity index (χ3v) is 5.67. The first-order valence-corrected chi connectivity index (χ1v) is 7.11. The molecule has 2 saturated heterocycles. The number of piperidine rings is 1. The summed E-state index contributed by atoms with van der Waals surface area (Å²) in [5, 5.41) is 0.0711. The molecule has 0 aromatic rings. The number of likely N-dealkylation sites (N-methyl/N-ethyl adjacent to an activating group) is 1. The molecule has 1 aliphatic carbocycles. The lowest BCUT2D eigenvalue weighted by Crippen LogP contribution is -2.69. The molecular weight excluding hydrogens is 209 g/mol. The summed E-state index contributed by atoms with van der Waals surface area (Å²) < 4.78 is 5.55. The minimum Gasteiger partial charge on any atom is -0.377 e. The van der Waals surface area contributed by atoms with Crippen molar-refractivity contribution < 1.29 is 4.74 Å². The SMILES string of the molecule is [B]C1(C)CCC2CCN(C)C3(COC3)C2CC1. The van der Waals surface area contributed by atoms with Gasteiger partial charge in [0.15, 0.2) is 0 Å². The Morgan fingerprint density at radius 3 is 2.53 bits per heavy atom. The van der Waals surface area contributed by atoms with Gasteiger partial charge in [-0.05, 0) is 38.3 Å². The number of likely N-dealkylation sites (tertiary alicyclic amines) is 1. The Morgan fingerprint density at radius 1 is 1.18 bits per heavy atom. The van der Waals surface area contributed by atoms with Crippen molar-refractivity contribution in [2.75, 3.05) is 26.8 Å². The maximum absolute atomic E-state index is 6.37. The van der Waals surface area contributed by atoms with Crippen molar-refractivity contribution in [1.82, 2.24) is 4.90 Å². The van der Waals surface area contributed by atoms with Crippen LogP contribution in [0.1, 0.15) is 39.0 Å². The quantitative estimate of drug-likeness (QED) is 0.595. The van der Waals surface area contributed by atoms with Gasteiger partial charge in [-0.15, -0.1) is 0 Å². The highest BCUT2D eigenvalue weighted by atomic mass is 16.5. The average Bonchev–Trinajstić information content (AvgIpc) is 2.36. The Bertz CT molecular complexity index is 301.